The summed E-state index contributed by atoms with van der Waals surface area (Å²) >= 11 is 0. The van der Waals surface area contributed by atoms with Crippen molar-refractivity contribution in [2.24, 2.45) is 0 Å². The van der Waals surface area contributed by atoms with Crippen LogP contribution in [0.4, 0.5) is 0 Å². The van der Waals surface area contributed by atoms with Crippen LogP contribution in [-0.2, 0) is 11.2 Å². The molecule has 2 heterocycles. The van der Waals surface area contributed by atoms with Gasteiger partial charge in [0.25, 0.3) is 5.56 Å². The first-order chi connectivity index (χ1) is 13.0. The number of pyridine rings is 1. The number of nitriles is 2. The summed E-state index contributed by atoms with van der Waals surface area (Å²) in [4.78, 5) is 35.3. The predicted octanol–water partition coefficient (Wildman–Crippen LogP) is 1.48. The van der Waals surface area contributed by atoms with E-state index in [1.165, 1.54) is 12.4 Å². The Hall–Kier alpha value is -4.04. The highest BCUT2D eigenvalue weighted by atomic mass is 16.2. The lowest BCUT2D eigenvalue weighted by molar-refractivity contribution is -0.121. The second-order valence-corrected chi connectivity index (χ2v) is 5.91. The van der Waals surface area contributed by atoms with E-state index in [2.05, 4.69) is 26.3 Å². The van der Waals surface area contributed by atoms with Gasteiger partial charge in [0, 0.05) is 28.9 Å². The fourth-order valence-electron chi connectivity index (χ4n) is 2.65. The van der Waals surface area contributed by atoms with Gasteiger partial charge in [-0.05, 0) is 25.1 Å². The quantitative estimate of drug-likeness (QED) is 0.725. The molecule has 2 aromatic heterocycles. The van der Waals surface area contributed by atoms with Crippen molar-refractivity contribution in [1.29, 1.82) is 10.5 Å². The Labute approximate surface area is 154 Å². The molecule has 3 aromatic rings. The SMILES string of the molecule is CC(NC(=O)Cc1cc2c(C#N)cccc2[nH]c1=O)c1ncc(C#N)cn1. The summed E-state index contributed by atoms with van der Waals surface area (Å²) < 4.78 is 0. The minimum absolute atomic E-state index is 0.147. The molecule has 0 aliphatic heterocycles. The van der Waals surface area contributed by atoms with Crippen molar-refractivity contribution in [1.82, 2.24) is 20.3 Å². The van der Waals surface area contributed by atoms with Gasteiger partial charge in [-0.3, -0.25) is 9.59 Å². The van der Waals surface area contributed by atoms with Gasteiger partial charge in [0.2, 0.25) is 5.91 Å². The van der Waals surface area contributed by atoms with Crippen molar-refractivity contribution in [2.75, 3.05) is 0 Å². The summed E-state index contributed by atoms with van der Waals surface area (Å²) in [6.45, 7) is 1.71. The van der Waals surface area contributed by atoms with E-state index >= 15 is 0 Å². The van der Waals surface area contributed by atoms with Crippen LogP contribution in [0.25, 0.3) is 10.9 Å². The normalized spacial score (nSPS) is 11.4. The van der Waals surface area contributed by atoms with Crippen molar-refractivity contribution in [3.63, 3.8) is 0 Å². The van der Waals surface area contributed by atoms with E-state index in [-0.39, 0.29) is 23.5 Å². The van der Waals surface area contributed by atoms with Crippen LogP contribution in [-0.4, -0.2) is 20.9 Å². The monoisotopic (exact) mass is 358 g/mol. The first kappa shape index (κ1) is 17.8. The number of aromatic amines is 1. The van der Waals surface area contributed by atoms with Crippen LogP contribution < -0.4 is 10.9 Å². The summed E-state index contributed by atoms with van der Waals surface area (Å²) in [6.07, 6.45) is 2.61. The first-order valence-electron chi connectivity index (χ1n) is 8.08. The molecule has 1 amide bonds. The standard InChI is InChI=1S/C19H14N6O2/c1-11(18-22-9-12(7-20)10-23-18)24-17(26)6-14-5-15-13(8-21)3-2-4-16(15)25-19(14)27/h2-5,9-11H,6H2,1H3,(H,24,26)(H,25,27). The average Bonchev–Trinajstić information content (AvgIpc) is 2.68. The summed E-state index contributed by atoms with van der Waals surface area (Å²) in [5.41, 5.74) is 1.17. The molecule has 27 heavy (non-hydrogen) atoms. The molecule has 0 saturated heterocycles. The molecule has 0 saturated carbocycles. The van der Waals surface area contributed by atoms with Crippen LogP contribution in [0.3, 0.4) is 0 Å². The van der Waals surface area contributed by atoms with Gasteiger partial charge in [0.05, 0.1) is 29.7 Å². The Balaban J connectivity index is 1.79. The largest absolute Gasteiger partial charge is 0.346 e. The highest BCUT2D eigenvalue weighted by Crippen LogP contribution is 2.16. The highest BCUT2D eigenvalue weighted by molar-refractivity contribution is 5.86. The lowest BCUT2D eigenvalue weighted by Crippen LogP contribution is -2.31. The van der Waals surface area contributed by atoms with Gasteiger partial charge in [-0.25, -0.2) is 9.97 Å². The Morgan fingerprint density at radius 3 is 2.67 bits per heavy atom. The number of carbonyl (C=O) groups excluding carboxylic acids is 1. The van der Waals surface area contributed by atoms with E-state index in [0.29, 0.717) is 27.9 Å². The molecule has 132 valence electrons. The summed E-state index contributed by atoms with van der Waals surface area (Å²) in [6, 6.07) is 10.1. The number of nitrogens with one attached hydrogen (secondary N) is 2. The molecule has 0 fully saturated rings. The maximum absolute atomic E-state index is 12.3. The van der Waals surface area contributed by atoms with E-state index in [4.69, 9.17) is 5.26 Å². The first-order valence-corrected chi connectivity index (χ1v) is 8.08. The number of hydrogen-bond acceptors (Lipinski definition) is 6. The topological polar surface area (TPSA) is 135 Å². The van der Waals surface area contributed by atoms with E-state index in [1.807, 2.05) is 6.07 Å². The van der Waals surface area contributed by atoms with E-state index in [1.54, 1.807) is 31.2 Å². The molecule has 1 aromatic carbocycles. The zero-order valence-corrected chi connectivity index (χ0v) is 14.4. The molecule has 1 atom stereocenters. The molecule has 8 nitrogen and oxygen atoms in total. The Morgan fingerprint density at radius 1 is 1.26 bits per heavy atom. The molecular weight excluding hydrogens is 344 g/mol. The molecule has 0 aliphatic rings. The Kier molecular flexibility index (Phi) is 4.91. The summed E-state index contributed by atoms with van der Waals surface area (Å²) in [5.74, 6) is -0.0173. The summed E-state index contributed by atoms with van der Waals surface area (Å²) in [5, 5.41) is 21.3. The second-order valence-electron chi connectivity index (χ2n) is 5.91. The number of amides is 1. The van der Waals surface area contributed by atoms with Gasteiger partial charge < -0.3 is 10.3 Å². The third kappa shape index (κ3) is 3.80. The van der Waals surface area contributed by atoms with Crippen LogP contribution >= 0.6 is 0 Å². The van der Waals surface area contributed by atoms with Crippen LogP contribution in [0.5, 0.6) is 0 Å². The van der Waals surface area contributed by atoms with Gasteiger partial charge in [0.1, 0.15) is 11.9 Å². The lowest BCUT2D eigenvalue weighted by atomic mass is 10.1. The number of rotatable bonds is 4. The van der Waals surface area contributed by atoms with Crippen LogP contribution in [0.15, 0.2) is 41.5 Å². The summed E-state index contributed by atoms with van der Waals surface area (Å²) in [7, 11) is 0. The maximum atomic E-state index is 12.3. The van der Waals surface area contributed by atoms with E-state index in [0.717, 1.165) is 0 Å². The van der Waals surface area contributed by atoms with E-state index < -0.39 is 6.04 Å². The number of aromatic nitrogens is 3. The Bertz CT molecular complexity index is 1150. The molecule has 2 N–H and O–H groups in total. The molecule has 3 rings (SSSR count). The average molecular weight is 358 g/mol. The van der Waals surface area contributed by atoms with Crippen LogP contribution in [0.1, 0.15) is 35.5 Å². The van der Waals surface area contributed by atoms with Gasteiger partial charge >= 0.3 is 0 Å². The van der Waals surface area contributed by atoms with Crippen LogP contribution in [0, 0.1) is 22.7 Å². The minimum atomic E-state index is -0.487. The number of H-pyrrole nitrogens is 1. The fraction of sp³-hybridized carbons (Fsp3) is 0.158. The lowest BCUT2D eigenvalue weighted by Gasteiger charge is -2.12. The van der Waals surface area contributed by atoms with Gasteiger partial charge in [-0.2, -0.15) is 10.5 Å². The molecule has 0 spiro atoms. The fourth-order valence-corrected chi connectivity index (χ4v) is 2.65. The number of benzene rings is 1. The minimum Gasteiger partial charge on any atom is -0.346 e. The molecule has 8 heteroatoms. The second kappa shape index (κ2) is 7.46. The van der Waals surface area contributed by atoms with Gasteiger partial charge in [-0.15, -0.1) is 0 Å². The number of nitrogens with zero attached hydrogens (tertiary/aromatic N) is 4. The molecular formula is C19H14N6O2. The zero-order chi connectivity index (χ0) is 19.4. The molecule has 1 unspecified atom stereocenters. The number of carbonyl (C=O) groups is 1. The molecule has 0 bridgehead atoms. The van der Waals surface area contributed by atoms with Crippen molar-refractivity contribution >= 4 is 16.8 Å². The van der Waals surface area contributed by atoms with Crippen molar-refractivity contribution in [3.8, 4) is 12.1 Å². The van der Waals surface area contributed by atoms with Crippen LogP contribution in [0.2, 0.25) is 0 Å². The molecule has 0 radical (unpaired) electrons. The third-order valence-electron chi connectivity index (χ3n) is 4.00. The maximum Gasteiger partial charge on any atom is 0.252 e. The van der Waals surface area contributed by atoms with Gasteiger partial charge in [-0.1, -0.05) is 6.07 Å². The van der Waals surface area contributed by atoms with Gasteiger partial charge in [0.15, 0.2) is 0 Å². The predicted molar refractivity (Wildman–Crippen MR) is 96.3 cm³/mol. The smallest absolute Gasteiger partial charge is 0.252 e. The zero-order valence-electron chi connectivity index (χ0n) is 14.4. The number of fused-ring (bicyclic) bond motifs is 1. The molecule has 0 aliphatic carbocycles. The third-order valence-corrected chi connectivity index (χ3v) is 4.00. The Morgan fingerprint density at radius 2 is 2.00 bits per heavy atom. The van der Waals surface area contributed by atoms with Crippen molar-refractivity contribution in [3.05, 3.63) is 69.5 Å². The van der Waals surface area contributed by atoms with Crippen molar-refractivity contribution < 1.29 is 4.79 Å². The number of hydrogen-bond donors (Lipinski definition) is 2. The highest BCUT2D eigenvalue weighted by Gasteiger charge is 2.15. The van der Waals surface area contributed by atoms with Crippen molar-refractivity contribution in [2.45, 2.75) is 19.4 Å². The van der Waals surface area contributed by atoms with E-state index in [9.17, 15) is 14.9 Å².